The number of rotatable bonds is 7. The molecule has 2 nitrogen and oxygen atoms in total. The molecule has 0 aliphatic carbocycles. The number of nitrogens with one attached hydrogen (secondary N) is 1. The van der Waals surface area contributed by atoms with Crippen LogP contribution in [0.25, 0.3) is 0 Å². The van der Waals surface area contributed by atoms with Crippen molar-refractivity contribution >= 4 is 17.3 Å². The molecule has 0 unspecified atom stereocenters. The fraction of sp³-hybridized carbons (Fsp3) is 0.294. The van der Waals surface area contributed by atoms with Crippen LogP contribution in [0.5, 0.6) is 5.75 Å². The molecule has 0 heterocycles. The Bertz CT molecular complexity index is 551. The van der Waals surface area contributed by atoms with Gasteiger partial charge in [-0.05, 0) is 36.2 Å². The highest BCUT2D eigenvalue weighted by atomic mass is 35.5. The van der Waals surface area contributed by atoms with Crippen molar-refractivity contribution in [2.24, 2.45) is 0 Å². The van der Waals surface area contributed by atoms with Crippen molar-refractivity contribution in [2.75, 3.05) is 11.9 Å². The topological polar surface area (TPSA) is 21.3 Å². The normalized spacial score (nSPS) is 10.4. The van der Waals surface area contributed by atoms with Crippen molar-refractivity contribution < 1.29 is 9.13 Å². The van der Waals surface area contributed by atoms with E-state index in [9.17, 15) is 4.39 Å². The molecule has 0 amide bonds. The quantitative estimate of drug-likeness (QED) is 0.704. The highest BCUT2D eigenvalue weighted by molar-refractivity contribution is 6.33. The molecule has 0 radical (unpaired) electrons. The lowest BCUT2D eigenvalue weighted by atomic mass is 10.2. The lowest BCUT2D eigenvalue weighted by Gasteiger charge is -2.10. The number of ether oxygens (including phenoxy) is 1. The van der Waals surface area contributed by atoms with Crippen LogP contribution in [0.4, 0.5) is 10.1 Å². The number of hydrogen-bond acceptors (Lipinski definition) is 2. The molecule has 0 fully saturated rings. The van der Waals surface area contributed by atoms with Gasteiger partial charge in [0.05, 0.1) is 17.3 Å². The van der Waals surface area contributed by atoms with Gasteiger partial charge < -0.3 is 10.1 Å². The molecule has 0 spiro atoms. The number of halogens is 2. The molecule has 0 saturated carbocycles. The Hall–Kier alpha value is -1.74. The molecule has 1 N–H and O–H groups in total. The summed E-state index contributed by atoms with van der Waals surface area (Å²) in [6, 6.07) is 12.4. The van der Waals surface area contributed by atoms with Crippen molar-refractivity contribution in [1.82, 2.24) is 0 Å². The third-order valence-electron chi connectivity index (χ3n) is 3.12. The summed E-state index contributed by atoms with van der Waals surface area (Å²) in [6.45, 7) is 3.38. The second-order valence-electron chi connectivity index (χ2n) is 4.80. The van der Waals surface area contributed by atoms with Crippen molar-refractivity contribution in [1.29, 1.82) is 0 Å². The van der Waals surface area contributed by atoms with Gasteiger partial charge in [0.2, 0.25) is 0 Å². The minimum Gasteiger partial charge on any atom is -0.494 e. The predicted molar refractivity (Wildman–Crippen MR) is 85.6 cm³/mol. The molecule has 21 heavy (non-hydrogen) atoms. The lowest BCUT2D eigenvalue weighted by Crippen LogP contribution is -2.02. The maximum atomic E-state index is 13.6. The van der Waals surface area contributed by atoms with Crippen LogP contribution in [0, 0.1) is 5.82 Å². The molecule has 0 aromatic heterocycles. The van der Waals surface area contributed by atoms with E-state index in [2.05, 4.69) is 12.2 Å². The van der Waals surface area contributed by atoms with Gasteiger partial charge >= 0.3 is 0 Å². The summed E-state index contributed by atoms with van der Waals surface area (Å²) in [6.07, 6.45) is 2.17. The molecule has 0 aliphatic heterocycles. The molecule has 0 atom stereocenters. The number of unbranched alkanes of at least 4 members (excludes halogenated alkanes) is 1. The summed E-state index contributed by atoms with van der Waals surface area (Å²) < 4.78 is 19.2. The van der Waals surface area contributed by atoms with E-state index in [1.54, 1.807) is 12.1 Å². The summed E-state index contributed by atoms with van der Waals surface area (Å²) >= 11 is 5.97. The lowest BCUT2D eigenvalue weighted by molar-refractivity contribution is 0.309. The van der Waals surface area contributed by atoms with E-state index < -0.39 is 0 Å². The van der Waals surface area contributed by atoms with Crippen molar-refractivity contribution in [3.63, 3.8) is 0 Å². The Morgan fingerprint density at radius 3 is 2.57 bits per heavy atom. The van der Waals surface area contributed by atoms with Crippen LogP contribution >= 0.6 is 11.6 Å². The summed E-state index contributed by atoms with van der Waals surface area (Å²) in [7, 11) is 0. The van der Waals surface area contributed by atoms with Crippen molar-refractivity contribution in [3.05, 3.63) is 58.9 Å². The summed E-state index contributed by atoms with van der Waals surface area (Å²) in [4.78, 5) is 0. The fourth-order valence-corrected chi connectivity index (χ4v) is 2.12. The van der Waals surface area contributed by atoms with Gasteiger partial charge in [0.25, 0.3) is 0 Å². The van der Waals surface area contributed by atoms with E-state index in [-0.39, 0.29) is 5.82 Å². The largest absolute Gasteiger partial charge is 0.494 e. The molecular formula is C17H19ClFNO. The number of anilines is 1. The van der Waals surface area contributed by atoms with Gasteiger partial charge in [-0.1, -0.05) is 43.1 Å². The van der Waals surface area contributed by atoms with E-state index >= 15 is 0 Å². The molecule has 0 saturated heterocycles. The minimum absolute atomic E-state index is 0.336. The van der Waals surface area contributed by atoms with Gasteiger partial charge in [-0.25, -0.2) is 4.39 Å². The zero-order valence-electron chi connectivity index (χ0n) is 12.0. The van der Waals surface area contributed by atoms with Crippen LogP contribution in [-0.4, -0.2) is 6.61 Å². The first-order valence-corrected chi connectivity index (χ1v) is 7.48. The molecule has 0 aliphatic rings. The first-order chi connectivity index (χ1) is 10.2. The van der Waals surface area contributed by atoms with Crippen LogP contribution in [-0.2, 0) is 6.54 Å². The van der Waals surface area contributed by atoms with Gasteiger partial charge in [-0.2, -0.15) is 0 Å². The Morgan fingerprint density at radius 1 is 1.14 bits per heavy atom. The average Bonchev–Trinajstić information content (AvgIpc) is 2.48. The standard InChI is InChI=1S/C17H19ClFNO/c1-2-3-11-21-14-9-7-13(8-10-14)12-20-17-15(18)5-4-6-16(17)19/h4-10,20H,2-3,11-12H2,1H3. The van der Waals surface area contributed by atoms with Crippen LogP contribution in [0.2, 0.25) is 5.02 Å². The highest BCUT2D eigenvalue weighted by Gasteiger charge is 2.06. The van der Waals surface area contributed by atoms with Crippen LogP contribution in [0.3, 0.4) is 0 Å². The third-order valence-corrected chi connectivity index (χ3v) is 3.44. The van der Waals surface area contributed by atoms with Gasteiger partial charge in [-0.3, -0.25) is 0 Å². The van der Waals surface area contributed by atoms with Gasteiger partial charge in [0.1, 0.15) is 11.6 Å². The van der Waals surface area contributed by atoms with Gasteiger partial charge in [0, 0.05) is 6.54 Å². The van der Waals surface area contributed by atoms with Crippen molar-refractivity contribution in [2.45, 2.75) is 26.3 Å². The van der Waals surface area contributed by atoms with E-state index in [4.69, 9.17) is 16.3 Å². The Kier molecular flexibility index (Phi) is 5.88. The maximum absolute atomic E-state index is 13.6. The molecule has 0 bridgehead atoms. The zero-order valence-corrected chi connectivity index (χ0v) is 12.8. The molecule has 2 aromatic rings. The summed E-state index contributed by atoms with van der Waals surface area (Å²) in [5.41, 5.74) is 1.37. The molecule has 2 aromatic carbocycles. The molecule has 4 heteroatoms. The first-order valence-electron chi connectivity index (χ1n) is 7.10. The van der Waals surface area contributed by atoms with Crippen LogP contribution in [0.15, 0.2) is 42.5 Å². The van der Waals surface area contributed by atoms with Crippen LogP contribution < -0.4 is 10.1 Å². The highest BCUT2D eigenvalue weighted by Crippen LogP contribution is 2.25. The monoisotopic (exact) mass is 307 g/mol. The second kappa shape index (κ2) is 7.89. The Balaban J connectivity index is 1.92. The van der Waals surface area contributed by atoms with E-state index in [1.165, 1.54) is 6.07 Å². The first kappa shape index (κ1) is 15.6. The minimum atomic E-state index is -0.345. The Labute approximate surface area is 129 Å². The van der Waals surface area contributed by atoms with Crippen LogP contribution in [0.1, 0.15) is 25.3 Å². The van der Waals surface area contributed by atoms with E-state index in [0.717, 1.165) is 30.8 Å². The van der Waals surface area contributed by atoms with Crippen molar-refractivity contribution in [3.8, 4) is 5.75 Å². The third kappa shape index (κ3) is 4.64. The predicted octanol–water partition coefficient (Wildman–Crippen LogP) is 5.27. The van der Waals surface area contributed by atoms with Gasteiger partial charge in [0.15, 0.2) is 0 Å². The van der Waals surface area contributed by atoms with E-state index in [0.29, 0.717) is 17.3 Å². The number of benzene rings is 2. The second-order valence-corrected chi connectivity index (χ2v) is 5.20. The molecule has 112 valence electrons. The summed E-state index contributed by atoms with van der Waals surface area (Å²) in [5, 5.41) is 3.41. The van der Waals surface area contributed by atoms with Gasteiger partial charge in [-0.15, -0.1) is 0 Å². The number of para-hydroxylation sites is 1. The fourth-order valence-electron chi connectivity index (χ4n) is 1.90. The SMILES string of the molecule is CCCCOc1ccc(CNc2c(F)cccc2Cl)cc1. The molecular weight excluding hydrogens is 289 g/mol. The Morgan fingerprint density at radius 2 is 1.90 bits per heavy atom. The smallest absolute Gasteiger partial charge is 0.147 e. The molecule has 2 rings (SSSR count). The average molecular weight is 308 g/mol. The van der Waals surface area contributed by atoms with E-state index in [1.807, 2.05) is 24.3 Å². The number of hydrogen-bond donors (Lipinski definition) is 1. The zero-order chi connectivity index (χ0) is 15.1. The maximum Gasteiger partial charge on any atom is 0.147 e. The summed E-state index contributed by atoms with van der Waals surface area (Å²) in [5.74, 6) is 0.512.